The summed E-state index contributed by atoms with van der Waals surface area (Å²) in [5, 5.41) is 2.70. The van der Waals surface area contributed by atoms with Crippen molar-refractivity contribution in [3.8, 4) is 0 Å². The molecule has 1 N–H and O–H groups in total. The molecule has 1 saturated heterocycles. The Hall–Kier alpha value is -2.70. The zero-order valence-electron chi connectivity index (χ0n) is 16.1. The lowest BCUT2D eigenvalue weighted by molar-refractivity contribution is 0.0147. The fourth-order valence-electron chi connectivity index (χ4n) is 4.24. The Morgan fingerprint density at radius 1 is 1.14 bits per heavy atom. The first-order chi connectivity index (χ1) is 13.9. The van der Waals surface area contributed by atoms with Gasteiger partial charge in [-0.2, -0.15) is 0 Å². The van der Waals surface area contributed by atoms with Crippen molar-refractivity contribution < 1.29 is 18.0 Å². The number of benzene rings is 2. The third-order valence-corrected chi connectivity index (χ3v) is 5.63. The monoisotopic (exact) mass is 403 g/mol. The van der Waals surface area contributed by atoms with Crippen LogP contribution in [-0.2, 0) is 13.0 Å². The standard InChI is InChI=1S/C22H24F3N3O/c23-18-9-7-16(8-10-18)13-26-21(29)28-15-22(24,25)12-19(28)14-27-11-3-5-17-4-1-2-6-20(17)27/h1-2,4,6-10,19H,3,5,11-15H2,(H,26,29)/t19-/m0/s1. The molecule has 2 aromatic rings. The van der Waals surface area contributed by atoms with Crippen LogP contribution in [0.3, 0.4) is 0 Å². The Morgan fingerprint density at radius 3 is 2.69 bits per heavy atom. The highest BCUT2D eigenvalue weighted by atomic mass is 19.3. The van der Waals surface area contributed by atoms with Gasteiger partial charge in [0.1, 0.15) is 5.82 Å². The predicted molar refractivity (Wildman–Crippen MR) is 106 cm³/mol. The van der Waals surface area contributed by atoms with Gasteiger partial charge in [0.25, 0.3) is 5.92 Å². The number of halogens is 3. The van der Waals surface area contributed by atoms with Crippen molar-refractivity contribution in [1.82, 2.24) is 10.2 Å². The van der Waals surface area contributed by atoms with Gasteiger partial charge in [-0.1, -0.05) is 30.3 Å². The first-order valence-corrected chi connectivity index (χ1v) is 9.91. The molecule has 2 aliphatic heterocycles. The van der Waals surface area contributed by atoms with E-state index < -0.39 is 24.5 Å². The molecular formula is C22H24F3N3O. The van der Waals surface area contributed by atoms with Crippen molar-refractivity contribution in [1.29, 1.82) is 0 Å². The Bertz CT molecular complexity index is 872. The normalized spacial score (nSPS) is 20.4. The summed E-state index contributed by atoms with van der Waals surface area (Å²) in [5.41, 5.74) is 3.00. The first-order valence-electron chi connectivity index (χ1n) is 9.91. The van der Waals surface area contributed by atoms with E-state index in [4.69, 9.17) is 0 Å². The number of likely N-dealkylation sites (tertiary alicyclic amines) is 1. The lowest BCUT2D eigenvalue weighted by Crippen LogP contribution is -2.48. The minimum absolute atomic E-state index is 0.167. The molecule has 0 saturated carbocycles. The number of nitrogens with one attached hydrogen (secondary N) is 1. The maximum Gasteiger partial charge on any atom is 0.318 e. The molecule has 0 radical (unpaired) electrons. The van der Waals surface area contributed by atoms with E-state index in [0.29, 0.717) is 12.1 Å². The largest absolute Gasteiger partial charge is 0.369 e. The molecule has 1 atom stereocenters. The Morgan fingerprint density at radius 2 is 1.90 bits per heavy atom. The van der Waals surface area contributed by atoms with Gasteiger partial charge >= 0.3 is 6.03 Å². The minimum atomic E-state index is -2.90. The number of carbonyl (C=O) groups is 1. The lowest BCUT2D eigenvalue weighted by Gasteiger charge is -2.35. The van der Waals surface area contributed by atoms with Gasteiger partial charge in [-0.25, -0.2) is 18.0 Å². The zero-order chi connectivity index (χ0) is 20.4. The third kappa shape index (κ3) is 4.49. The number of carbonyl (C=O) groups excluding carboxylic acids is 1. The molecule has 4 rings (SSSR count). The molecule has 7 heteroatoms. The van der Waals surface area contributed by atoms with Crippen molar-refractivity contribution in [2.24, 2.45) is 0 Å². The molecule has 0 bridgehead atoms. The van der Waals surface area contributed by atoms with Crippen molar-refractivity contribution in [3.05, 3.63) is 65.5 Å². The highest BCUT2D eigenvalue weighted by Crippen LogP contribution is 2.34. The summed E-state index contributed by atoms with van der Waals surface area (Å²) < 4.78 is 41.4. The molecule has 2 aliphatic rings. The van der Waals surface area contributed by atoms with Crippen LogP contribution in [0.1, 0.15) is 24.0 Å². The number of aryl methyl sites for hydroxylation is 1. The van der Waals surface area contributed by atoms with E-state index in [9.17, 15) is 18.0 Å². The molecule has 0 aliphatic carbocycles. The molecule has 29 heavy (non-hydrogen) atoms. The van der Waals surface area contributed by atoms with E-state index in [0.717, 1.165) is 25.1 Å². The lowest BCUT2D eigenvalue weighted by atomic mass is 10.0. The summed E-state index contributed by atoms with van der Waals surface area (Å²) in [6.45, 7) is 0.767. The number of amides is 2. The van der Waals surface area contributed by atoms with Gasteiger partial charge < -0.3 is 15.1 Å². The van der Waals surface area contributed by atoms with Crippen molar-refractivity contribution >= 4 is 11.7 Å². The smallest absolute Gasteiger partial charge is 0.318 e. The highest BCUT2D eigenvalue weighted by Gasteiger charge is 2.47. The van der Waals surface area contributed by atoms with Crippen LogP contribution >= 0.6 is 0 Å². The number of fused-ring (bicyclic) bond motifs is 1. The molecule has 0 unspecified atom stereocenters. The van der Waals surface area contributed by atoms with Gasteiger partial charge in [-0.15, -0.1) is 0 Å². The summed E-state index contributed by atoms with van der Waals surface area (Å²) >= 11 is 0. The van der Waals surface area contributed by atoms with Crippen LogP contribution in [0.5, 0.6) is 0 Å². The van der Waals surface area contributed by atoms with Crippen LogP contribution in [-0.4, -0.2) is 42.5 Å². The summed E-state index contributed by atoms with van der Waals surface area (Å²) in [6, 6.07) is 12.7. The van der Waals surface area contributed by atoms with Crippen molar-refractivity contribution in [2.75, 3.05) is 24.5 Å². The molecule has 4 nitrogen and oxygen atoms in total. The third-order valence-electron chi connectivity index (χ3n) is 5.63. The SMILES string of the molecule is O=C(NCc1ccc(F)cc1)N1CC(F)(F)C[C@H]1CN1CCCc2ccccc21. The number of para-hydroxylation sites is 1. The number of nitrogens with zero attached hydrogens (tertiary/aromatic N) is 2. The fourth-order valence-corrected chi connectivity index (χ4v) is 4.24. The first kappa shape index (κ1) is 19.6. The van der Waals surface area contributed by atoms with Crippen LogP contribution in [0.2, 0.25) is 0 Å². The molecule has 2 heterocycles. The Kier molecular flexibility index (Phi) is 5.39. The number of hydrogen-bond acceptors (Lipinski definition) is 2. The summed E-state index contributed by atoms with van der Waals surface area (Å²) in [4.78, 5) is 16.0. The number of rotatable bonds is 4. The maximum atomic E-state index is 14.2. The van der Waals surface area contributed by atoms with E-state index in [1.54, 1.807) is 12.1 Å². The number of anilines is 1. The van der Waals surface area contributed by atoms with E-state index >= 15 is 0 Å². The highest BCUT2D eigenvalue weighted by molar-refractivity contribution is 5.75. The molecule has 154 valence electrons. The van der Waals surface area contributed by atoms with Crippen LogP contribution in [0.15, 0.2) is 48.5 Å². The quantitative estimate of drug-likeness (QED) is 0.831. The average molecular weight is 403 g/mol. The predicted octanol–water partition coefficient (Wildman–Crippen LogP) is 4.20. The summed E-state index contributed by atoms with van der Waals surface area (Å²) in [6.07, 6.45) is 1.61. The Labute approximate surface area is 168 Å². The van der Waals surface area contributed by atoms with Gasteiger partial charge in [0.15, 0.2) is 0 Å². The molecule has 2 amide bonds. The van der Waals surface area contributed by atoms with Gasteiger partial charge in [0.05, 0.1) is 12.6 Å². The average Bonchev–Trinajstić information content (AvgIpc) is 3.02. The van der Waals surface area contributed by atoms with Crippen molar-refractivity contribution in [2.45, 2.75) is 37.8 Å². The second-order valence-corrected chi connectivity index (χ2v) is 7.81. The fraction of sp³-hybridized carbons (Fsp3) is 0.409. The van der Waals surface area contributed by atoms with Gasteiger partial charge in [0, 0.05) is 31.7 Å². The van der Waals surface area contributed by atoms with E-state index in [1.165, 1.54) is 22.6 Å². The molecular weight excluding hydrogens is 379 g/mol. The number of hydrogen-bond donors (Lipinski definition) is 1. The summed E-state index contributed by atoms with van der Waals surface area (Å²) in [7, 11) is 0. The second kappa shape index (κ2) is 7.97. The molecule has 2 aromatic carbocycles. The van der Waals surface area contributed by atoms with E-state index in [-0.39, 0.29) is 18.8 Å². The zero-order valence-corrected chi connectivity index (χ0v) is 16.1. The van der Waals surface area contributed by atoms with Gasteiger partial charge in [-0.05, 0) is 42.2 Å². The molecule has 0 spiro atoms. The van der Waals surface area contributed by atoms with Crippen molar-refractivity contribution in [3.63, 3.8) is 0 Å². The summed E-state index contributed by atoms with van der Waals surface area (Å²) in [5.74, 6) is -3.26. The van der Waals surface area contributed by atoms with Crippen LogP contribution in [0.25, 0.3) is 0 Å². The number of alkyl halides is 2. The maximum absolute atomic E-state index is 14.2. The van der Waals surface area contributed by atoms with Crippen LogP contribution < -0.4 is 10.2 Å². The van der Waals surface area contributed by atoms with E-state index in [2.05, 4.69) is 16.3 Å². The van der Waals surface area contributed by atoms with Gasteiger partial charge in [-0.3, -0.25) is 0 Å². The second-order valence-electron chi connectivity index (χ2n) is 7.81. The Balaban J connectivity index is 1.44. The van der Waals surface area contributed by atoms with Crippen LogP contribution in [0, 0.1) is 5.82 Å². The van der Waals surface area contributed by atoms with E-state index in [1.807, 2.05) is 18.2 Å². The molecule has 1 fully saturated rings. The van der Waals surface area contributed by atoms with Gasteiger partial charge in [0.2, 0.25) is 0 Å². The number of urea groups is 1. The minimum Gasteiger partial charge on any atom is -0.369 e. The van der Waals surface area contributed by atoms with Crippen LogP contribution in [0.4, 0.5) is 23.7 Å². The molecule has 0 aromatic heterocycles. The topological polar surface area (TPSA) is 35.6 Å².